The van der Waals surface area contributed by atoms with E-state index in [1.165, 1.54) is 12.1 Å². The molecule has 1 fully saturated rings. The fraction of sp³-hybridized carbons (Fsp3) is 0.350. The lowest BCUT2D eigenvalue weighted by atomic mass is 9.88. The number of nitrogens with zero attached hydrogens (tertiary/aromatic N) is 1. The summed E-state index contributed by atoms with van der Waals surface area (Å²) in [6, 6.07) is 10.5. The van der Waals surface area contributed by atoms with Crippen molar-refractivity contribution in [3.05, 3.63) is 70.8 Å². The van der Waals surface area contributed by atoms with Crippen LogP contribution in [0.5, 0.6) is 0 Å². The van der Waals surface area contributed by atoms with Gasteiger partial charge in [-0.05, 0) is 36.6 Å². The predicted molar refractivity (Wildman–Crippen MR) is 92.8 cm³/mol. The number of hydrogen-bond acceptors (Lipinski definition) is 3. The number of fused-ring (bicyclic) bond motifs is 1. The van der Waals surface area contributed by atoms with E-state index in [0.717, 1.165) is 30.2 Å². The first-order valence-electron chi connectivity index (χ1n) is 8.84. The van der Waals surface area contributed by atoms with Gasteiger partial charge in [0.15, 0.2) is 0 Å². The first-order chi connectivity index (χ1) is 12.6. The highest BCUT2D eigenvalue weighted by Gasteiger charge is 2.35. The Bertz CT molecular complexity index is 821. The highest BCUT2D eigenvalue weighted by Crippen LogP contribution is 2.37. The third-order valence-electron chi connectivity index (χ3n) is 5.06. The van der Waals surface area contributed by atoms with Crippen LogP contribution >= 0.6 is 0 Å². The van der Waals surface area contributed by atoms with Crippen molar-refractivity contribution in [2.75, 3.05) is 19.6 Å². The maximum atomic E-state index is 14.5. The average Bonchev–Trinajstić information content (AvgIpc) is 3.14. The largest absolute Gasteiger partial charge is 0.445 e. The zero-order valence-electron chi connectivity index (χ0n) is 14.3. The summed E-state index contributed by atoms with van der Waals surface area (Å²) in [5.41, 5.74) is 2.19. The number of rotatable bonds is 2. The monoisotopic (exact) mass is 358 g/mol. The van der Waals surface area contributed by atoms with Crippen molar-refractivity contribution in [1.82, 2.24) is 10.2 Å². The summed E-state index contributed by atoms with van der Waals surface area (Å²) in [7, 11) is 0. The van der Waals surface area contributed by atoms with Crippen molar-refractivity contribution >= 4 is 6.09 Å². The van der Waals surface area contributed by atoms with Crippen molar-refractivity contribution in [2.45, 2.75) is 25.0 Å². The number of carbonyl (C=O) groups excluding carboxylic acids is 1. The molecule has 1 N–H and O–H groups in total. The van der Waals surface area contributed by atoms with Crippen LogP contribution in [0.1, 0.15) is 29.2 Å². The van der Waals surface area contributed by atoms with E-state index < -0.39 is 23.8 Å². The summed E-state index contributed by atoms with van der Waals surface area (Å²) < 4.78 is 33.5. The van der Waals surface area contributed by atoms with Crippen LogP contribution in [0, 0.1) is 11.6 Å². The van der Waals surface area contributed by atoms with Gasteiger partial charge in [0.25, 0.3) is 0 Å². The fourth-order valence-electron chi connectivity index (χ4n) is 3.76. The molecule has 4 nitrogen and oxygen atoms in total. The minimum Gasteiger partial charge on any atom is -0.445 e. The second-order valence-electron chi connectivity index (χ2n) is 6.71. The average molecular weight is 358 g/mol. The third-order valence-corrected chi connectivity index (χ3v) is 5.06. The Morgan fingerprint density at radius 2 is 2.00 bits per heavy atom. The molecule has 0 unspecified atom stereocenters. The van der Waals surface area contributed by atoms with Gasteiger partial charge in [-0.15, -0.1) is 0 Å². The number of halogens is 2. The summed E-state index contributed by atoms with van der Waals surface area (Å²) in [5, 5.41) is 3.16. The molecule has 0 bridgehead atoms. The third kappa shape index (κ3) is 3.17. The predicted octanol–water partition coefficient (Wildman–Crippen LogP) is 3.41. The van der Waals surface area contributed by atoms with Crippen molar-refractivity contribution in [1.29, 1.82) is 0 Å². The molecule has 2 aliphatic heterocycles. The molecule has 6 heteroatoms. The van der Waals surface area contributed by atoms with Gasteiger partial charge in [0.2, 0.25) is 0 Å². The molecule has 0 saturated carbocycles. The molecular formula is C20H20F2N2O2. The fourth-order valence-corrected chi connectivity index (χ4v) is 3.76. The van der Waals surface area contributed by atoms with E-state index in [0.29, 0.717) is 19.5 Å². The molecule has 2 aromatic carbocycles. The molecule has 2 aromatic rings. The Morgan fingerprint density at radius 3 is 2.77 bits per heavy atom. The van der Waals surface area contributed by atoms with Crippen LogP contribution in [0.3, 0.4) is 0 Å². The molecular weight excluding hydrogens is 338 g/mol. The Hall–Kier alpha value is -2.47. The lowest BCUT2D eigenvalue weighted by Gasteiger charge is -2.37. The molecule has 26 heavy (non-hydrogen) atoms. The SMILES string of the molecule is O=C(O[C@@H]1CCNC1)N1CCc2ccccc2[C@@H]1c1ccc(F)cc1F. The van der Waals surface area contributed by atoms with Crippen molar-refractivity contribution < 1.29 is 18.3 Å². The van der Waals surface area contributed by atoms with Crippen LogP contribution < -0.4 is 5.32 Å². The molecule has 2 atom stereocenters. The van der Waals surface area contributed by atoms with E-state index in [-0.39, 0.29) is 11.7 Å². The zero-order valence-corrected chi connectivity index (χ0v) is 14.3. The van der Waals surface area contributed by atoms with Gasteiger partial charge in [-0.1, -0.05) is 30.3 Å². The molecule has 2 heterocycles. The molecule has 0 radical (unpaired) electrons. The highest BCUT2D eigenvalue weighted by atomic mass is 19.1. The van der Waals surface area contributed by atoms with Gasteiger partial charge < -0.3 is 10.1 Å². The minimum atomic E-state index is -0.660. The van der Waals surface area contributed by atoms with E-state index in [1.807, 2.05) is 24.3 Å². The Labute approximate surface area is 150 Å². The number of benzene rings is 2. The highest BCUT2D eigenvalue weighted by molar-refractivity contribution is 5.70. The van der Waals surface area contributed by atoms with Crippen molar-refractivity contribution in [2.24, 2.45) is 0 Å². The van der Waals surface area contributed by atoms with Crippen LogP contribution in [0.4, 0.5) is 13.6 Å². The molecule has 1 amide bonds. The Balaban J connectivity index is 1.71. The van der Waals surface area contributed by atoms with Crippen LogP contribution in [-0.4, -0.2) is 36.7 Å². The van der Waals surface area contributed by atoms with Crippen molar-refractivity contribution in [3.63, 3.8) is 0 Å². The van der Waals surface area contributed by atoms with Crippen LogP contribution in [-0.2, 0) is 11.2 Å². The van der Waals surface area contributed by atoms with E-state index in [1.54, 1.807) is 4.90 Å². The quantitative estimate of drug-likeness (QED) is 0.895. The molecule has 2 aliphatic rings. The molecule has 0 aliphatic carbocycles. The van der Waals surface area contributed by atoms with Crippen LogP contribution in [0.15, 0.2) is 42.5 Å². The minimum absolute atomic E-state index is 0.168. The number of nitrogens with one attached hydrogen (secondary N) is 1. The topological polar surface area (TPSA) is 41.6 Å². The van der Waals surface area contributed by atoms with E-state index in [2.05, 4.69) is 5.32 Å². The summed E-state index contributed by atoms with van der Waals surface area (Å²) >= 11 is 0. The van der Waals surface area contributed by atoms with Gasteiger partial charge in [0.05, 0.1) is 6.04 Å². The Kier molecular flexibility index (Phi) is 4.59. The van der Waals surface area contributed by atoms with Gasteiger partial charge in [0, 0.05) is 24.7 Å². The number of amides is 1. The van der Waals surface area contributed by atoms with Gasteiger partial charge in [0.1, 0.15) is 17.7 Å². The summed E-state index contributed by atoms with van der Waals surface area (Å²) in [4.78, 5) is 14.4. The van der Waals surface area contributed by atoms with E-state index in [4.69, 9.17) is 4.74 Å². The zero-order chi connectivity index (χ0) is 18.1. The van der Waals surface area contributed by atoms with Gasteiger partial charge >= 0.3 is 6.09 Å². The maximum absolute atomic E-state index is 14.5. The lowest BCUT2D eigenvalue weighted by Crippen LogP contribution is -2.42. The normalized spacial score (nSPS) is 22.2. The first-order valence-corrected chi connectivity index (χ1v) is 8.84. The van der Waals surface area contributed by atoms with Gasteiger partial charge in [-0.2, -0.15) is 0 Å². The van der Waals surface area contributed by atoms with Crippen molar-refractivity contribution in [3.8, 4) is 0 Å². The molecule has 0 spiro atoms. The number of ether oxygens (including phenoxy) is 1. The first kappa shape index (κ1) is 17.0. The summed E-state index contributed by atoms with van der Waals surface area (Å²) in [6.07, 6.45) is 0.819. The van der Waals surface area contributed by atoms with Gasteiger partial charge in [-0.25, -0.2) is 13.6 Å². The van der Waals surface area contributed by atoms with E-state index in [9.17, 15) is 13.6 Å². The standard InChI is InChI=1S/C20H20F2N2O2/c21-14-5-6-17(18(22)11-14)19-16-4-2-1-3-13(16)8-10-24(19)20(25)26-15-7-9-23-12-15/h1-6,11,15,19,23H,7-10,12H2/t15-,19-/m1/s1. The summed E-state index contributed by atoms with van der Waals surface area (Å²) in [6.45, 7) is 1.88. The number of hydrogen-bond donors (Lipinski definition) is 1. The second-order valence-corrected chi connectivity index (χ2v) is 6.71. The maximum Gasteiger partial charge on any atom is 0.410 e. The van der Waals surface area contributed by atoms with Crippen LogP contribution in [0.25, 0.3) is 0 Å². The van der Waals surface area contributed by atoms with Gasteiger partial charge in [-0.3, -0.25) is 4.90 Å². The lowest BCUT2D eigenvalue weighted by molar-refractivity contribution is 0.0596. The number of carbonyl (C=O) groups is 1. The smallest absolute Gasteiger partial charge is 0.410 e. The molecule has 136 valence electrons. The summed E-state index contributed by atoms with van der Waals surface area (Å²) in [5.74, 6) is -1.30. The Morgan fingerprint density at radius 1 is 1.15 bits per heavy atom. The molecule has 4 rings (SSSR count). The second kappa shape index (κ2) is 7.03. The molecule has 0 aromatic heterocycles. The molecule has 1 saturated heterocycles. The van der Waals surface area contributed by atoms with Crippen LogP contribution in [0.2, 0.25) is 0 Å². The van der Waals surface area contributed by atoms with E-state index >= 15 is 0 Å².